The number of nitrogens with zero attached hydrogens (tertiary/aromatic N) is 2. The topological polar surface area (TPSA) is 69.5 Å². The van der Waals surface area contributed by atoms with Gasteiger partial charge in [-0.2, -0.15) is 5.26 Å². The fourth-order valence-corrected chi connectivity index (χ4v) is 4.92. The van der Waals surface area contributed by atoms with Crippen molar-refractivity contribution in [3.05, 3.63) is 62.0 Å². The van der Waals surface area contributed by atoms with Crippen molar-refractivity contribution < 1.29 is 0 Å². The highest BCUT2D eigenvalue weighted by Crippen LogP contribution is 2.35. The van der Waals surface area contributed by atoms with Gasteiger partial charge in [-0.1, -0.05) is 31.2 Å². The van der Waals surface area contributed by atoms with Gasteiger partial charge < -0.3 is 4.98 Å². The number of fused-ring (bicyclic) bond motifs is 3. The molecule has 2 aromatic heterocycles. The predicted octanol–water partition coefficient (Wildman–Crippen LogP) is 4.48. The molecule has 1 aliphatic carbocycles. The maximum atomic E-state index is 12.7. The van der Waals surface area contributed by atoms with Crippen LogP contribution in [0.5, 0.6) is 0 Å². The molecule has 1 aromatic carbocycles. The van der Waals surface area contributed by atoms with E-state index in [2.05, 4.69) is 23.0 Å². The molecule has 1 atom stereocenters. The van der Waals surface area contributed by atoms with Gasteiger partial charge in [0.2, 0.25) is 0 Å². The number of thiophene rings is 1. The summed E-state index contributed by atoms with van der Waals surface area (Å²) in [7, 11) is 0. The molecule has 1 N–H and O–H groups in total. The minimum absolute atomic E-state index is 0.136. The van der Waals surface area contributed by atoms with Crippen LogP contribution in [0.25, 0.3) is 21.9 Å². The average molecular weight is 361 g/mol. The smallest absolute Gasteiger partial charge is 0.260 e. The molecule has 0 spiro atoms. The van der Waals surface area contributed by atoms with Crippen molar-refractivity contribution in [3.8, 4) is 6.07 Å². The molecule has 4 nitrogen and oxygen atoms in total. The highest BCUT2D eigenvalue weighted by molar-refractivity contribution is 7.18. The molecule has 0 radical (unpaired) electrons. The van der Waals surface area contributed by atoms with Crippen molar-refractivity contribution in [1.82, 2.24) is 9.97 Å². The van der Waals surface area contributed by atoms with Crippen LogP contribution in [-0.2, 0) is 12.8 Å². The third-order valence-electron chi connectivity index (χ3n) is 5.03. The molecule has 0 saturated carbocycles. The second-order valence-electron chi connectivity index (χ2n) is 6.97. The Labute approximate surface area is 155 Å². The number of nitriles is 1. The monoisotopic (exact) mass is 361 g/mol. The van der Waals surface area contributed by atoms with E-state index in [1.807, 2.05) is 31.2 Å². The molecule has 1 aliphatic rings. The SMILES string of the molecule is Cc1ccccc1/C=C(\C#N)c1nc2sc3c(c2c(=O)[nH]1)CCC(C)C3. The Morgan fingerprint density at radius 3 is 3.00 bits per heavy atom. The molecule has 4 rings (SSSR count). The average Bonchev–Trinajstić information content (AvgIpc) is 2.98. The quantitative estimate of drug-likeness (QED) is 0.684. The molecule has 2 heterocycles. The third-order valence-corrected chi connectivity index (χ3v) is 6.18. The van der Waals surface area contributed by atoms with Crippen molar-refractivity contribution in [2.45, 2.75) is 33.1 Å². The van der Waals surface area contributed by atoms with Gasteiger partial charge in [-0.15, -0.1) is 11.3 Å². The molecule has 0 bridgehead atoms. The van der Waals surface area contributed by atoms with Crippen molar-refractivity contribution in [2.24, 2.45) is 5.92 Å². The van der Waals surface area contributed by atoms with Crippen LogP contribution in [0.15, 0.2) is 29.1 Å². The van der Waals surface area contributed by atoms with E-state index in [0.29, 0.717) is 22.7 Å². The second kappa shape index (κ2) is 6.54. The van der Waals surface area contributed by atoms with E-state index in [0.717, 1.165) is 40.8 Å². The first kappa shape index (κ1) is 16.7. The summed E-state index contributed by atoms with van der Waals surface area (Å²) in [6.45, 7) is 4.24. The van der Waals surface area contributed by atoms with E-state index in [-0.39, 0.29) is 5.56 Å². The van der Waals surface area contributed by atoms with Crippen LogP contribution in [0.3, 0.4) is 0 Å². The number of aryl methyl sites for hydroxylation is 2. The molecule has 0 amide bonds. The summed E-state index contributed by atoms with van der Waals surface area (Å²) < 4.78 is 0. The van der Waals surface area contributed by atoms with Crippen LogP contribution in [0.2, 0.25) is 0 Å². The number of nitrogens with one attached hydrogen (secondary N) is 1. The predicted molar refractivity (Wildman–Crippen MR) is 106 cm³/mol. The van der Waals surface area contributed by atoms with Crippen molar-refractivity contribution in [2.75, 3.05) is 0 Å². The van der Waals surface area contributed by atoms with Gasteiger partial charge in [0.25, 0.3) is 5.56 Å². The van der Waals surface area contributed by atoms with Gasteiger partial charge >= 0.3 is 0 Å². The molecule has 26 heavy (non-hydrogen) atoms. The zero-order valence-electron chi connectivity index (χ0n) is 14.8. The van der Waals surface area contributed by atoms with E-state index in [1.165, 1.54) is 4.88 Å². The Morgan fingerprint density at radius 1 is 1.42 bits per heavy atom. The summed E-state index contributed by atoms with van der Waals surface area (Å²) >= 11 is 1.60. The first-order valence-electron chi connectivity index (χ1n) is 8.79. The summed E-state index contributed by atoms with van der Waals surface area (Å²) in [6.07, 6.45) is 4.84. The summed E-state index contributed by atoms with van der Waals surface area (Å²) in [5.41, 5.74) is 3.42. The number of H-pyrrole nitrogens is 1. The molecule has 130 valence electrons. The lowest BCUT2D eigenvalue weighted by molar-refractivity contribution is 0.509. The van der Waals surface area contributed by atoms with Gasteiger partial charge in [-0.25, -0.2) is 4.98 Å². The number of allylic oxidation sites excluding steroid dienone is 1. The van der Waals surface area contributed by atoms with Crippen molar-refractivity contribution in [3.63, 3.8) is 0 Å². The van der Waals surface area contributed by atoms with Crippen molar-refractivity contribution >= 4 is 33.2 Å². The van der Waals surface area contributed by atoms with Crippen LogP contribution in [0, 0.1) is 24.2 Å². The van der Waals surface area contributed by atoms with Gasteiger partial charge in [-0.05, 0) is 54.9 Å². The first-order valence-corrected chi connectivity index (χ1v) is 9.61. The highest BCUT2D eigenvalue weighted by atomic mass is 32.1. The molecule has 3 aromatic rings. The van der Waals surface area contributed by atoms with Gasteiger partial charge in [0.15, 0.2) is 5.82 Å². The van der Waals surface area contributed by atoms with E-state index < -0.39 is 0 Å². The fourth-order valence-electron chi connectivity index (χ4n) is 3.53. The van der Waals surface area contributed by atoms with Gasteiger partial charge in [0, 0.05) is 4.88 Å². The molecular weight excluding hydrogens is 342 g/mol. The Bertz CT molecular complexity index is 1130. The van der Waals surface area contributed by atoms with Gasteiger partial charge in [-0.3, -0.25) is 4.79 Å². The zero-order valence-corrected chi connectivity index (χ0v) is 15.6. The normalized spacial score (nSPS) is 17.1. The van der Waals surface area contributed by atoms with Crippen LogP contribution < -0.4 is 5.56 Å². The summed E-state index contributed by atoms with van der Waals surface area (Å²) in [4.78, 5) is 22.2. The number of hydrogen-bond donors (Lipinski definition) is 1. The first-order chi connectivity index (χ1) is 12.6. The van der Waals surface area contributed by atoms with Crippen LogP contribution in [0.1, 0.15) is 40.7 Å². The number of hydrogen-bond acceptors (Lipinski definition) is 4. The van der Waals surface area contributed by atoms with Crippen LogP contribution in [0.4, 0.5) is 0 Å². The van der Waals surface area contributed by atoms with Gasteiger partial charge in [0.05, 0.1) is 11.0 Å². The molecule has 1 unspecified atom stereocenters. The van der Waals surface area contributed by atoms with Gasteiger partial charge in [0.1, 0.15) is 10.9 Å². The minimum Gasteiger partial charge on any atom is -0.305 e. The molecule has 5 heteroatoms. The molecule has 0 aliphatic heterocycles. The number of aromatic amines is 1. The standard InChI is InChI=1S/C21H19N3OS/c1-12-7-8-16-17(9-12)26-21-18(16)20(25)23-19(24-21)15(11-22)10-14-6-4-3-5-13(14)2/h3-6,10,12H,7-9H2,1-2H3,(H,23,24,25)/b15-10+. The third kappa shape index (κ3) is 2.87. The summed E-state index contributed by atoms with van der Waals surface area (Å²) in [6, 6.07) is 10.0. The lowest BCUT2D eigenvalue weighted by atomic mass is 9.89. The van der Waals surface area contributed by atoms with Crippen molar-refractivity contribution in [1.29, 1.82) is 5.26 Å². The fraction of sp³-hybridized carbons (Fsp3) is 0.286. The summed E-state index contributed by atoms with van der Waals surface area (Å²) in [5, 5.41) is 10.3. The molecule has 0 fully saturated rings. The highest BCUT2D eigenvalue weighted by Gasteiger charge is 2.23. The van der Waals surface area contributed by atoms with E-state index in [1.54, 1.807) is 17.4 Å². The summed E-state index contributed by atoms with van der Waals surface area (Å²) in [5.74, 6) is 0.990. The maximum absolute atomic E-state index is 12.7. The van der Waals surface area contributed by atoms with Crippen LogP contribution >= 0.6 is 11.3 Å². The maximum Gasteiger partial charge on any atom is 0.260 e. The number of rotatable bonds is 2. The van der Waals surface area contributed by atoms with Crippen LogP contribution in [-0.4, -0.2) is 9.97 Å². The zero-order chi connectivity index (χ0) is 18.3. The number of benzene rings is 1. The van der Waals surface area contributed by atoms with E-state index in [9.17, 15) is 10.1 Å². The Morgan fingerprint density at radius 2 is 2.23 bits per heavy atom. The van der Waals surface area contributed by atoms with E-state index in [4.69, 9.17) is 0 Å². The Hall–Kier alpha value is -2.71. The molecule has 0 saturated heterocycles. The Balaban J connectivity index is 1.86. The largest absolute Gasteiger partial charge is 0.305 e. The second-order valence-corrected chi connectivity index (χ2v) is 8.06. The van der Waals surface area contributed by atoms with E-state index >= 15 is 0 Å². The lowest BCUT2D eigenvalue weighted by Gasteiger charge is -2.17. The molecular formula is C21H19N3OS. The number of aromatic nitrogens is 2. The lowest BCUT2D eigenvalue weighted by Crippen LogP contribution is -2.14. The Kier molecular flexibility index (Phi) is 4.21. The minimum atomic E-state index is -0.136.